The van der Waals surface area contributed by atoms with Crippen molar-refractivity contribution in [1.29, 1.82) is 0 Å². The maximum atomic E-state index is 11.8. The Bertz CT molecular complexity index is 448. The van der Waals surface area contributed by atoms with E-state index in [1.54, 1.807) is 6.20 Å². The van der Waals surface area contributed by atoms with E-state index in [1.165, 1.54) is 15.2 Å². The van der Waals surface area contributed by atoms with Crippen molar-refractivity contribution in [1.82, 2.24) is 14.5 Å². The lowest BCUT2D eigenvalue weighted by molar-refractivity contribution is 0.526. The molecule has 0 aliphatic carbocycles. The van der Waals surface area contributed by atoms with Crippen LogP contribution in [0.1, 0.15) is 26.7 Å². The summed E-state index contributed by atoms with van der Waals surface area (Å²) in [6.07, 6.45) is 3.80. The molecule has 1 aromatic heterocycles. The molecule has 96 valence electrons. The average molecular weight is 239 g/mol. The summed E-state index contributed by atoms with van der Waals surface area (Å²) >= 11 is 0. The van der Waals surface area contributed by atoms with Crippen LogP contribution in [-0.4, -0.2) is 22.2 Å². The lowest BCUT2D eigenvalue weighted by Crippen LogP contribution is -2.41. The van der Waals surface area contributed by atoms with E-state index in [1.807, 2.05) is 6.92 Å². The number of aryl methyl sites for hydroxylation is 1. The van der Waals surface area contributed by atoms with Gasteiger partial charge in [0.15, 0.2) is 0 Å². The van der Waals surface area contributed by atoms with E-state index in [4.69, 9.17) is 0 Å². The number of nitrogens with one attached hydrogen (secondary N) is 1. The first-order valence-electron chi connectivity index (χ1n) is 6.21. The maximum Gasteiger partial charge on any atom is 0.330 e. The fourth-order valence-electron chi connectivity index (χ4n) is 1.62. The lowest BCUT2D eigenvalue weighted by atomic mass is 10.3. The predicted molar refractivity (Wildman–Crippen MR) is 68.4 cm³/mol. The summed E-state index contributed by atoms with van der Waals surface area (Å²) in [4.78, 5) is 23.4. The first-order chi connectivity index (χ1) is 8.20. The molecule has 0 radical (unpaired) electrons. The highest BCUT2D eigenvalue weighted by molar-refractivity contribution is 4.86. The second kappa shape index (κ2) is 7.06. The first kappa shape index (κ1) is 13.7. The van der Waals surface area contributed by atoms with Crippen molar-refractivity contribution in [3.8, 4) is 0 Å². The molecule has 0 aromatic carbocycles. The van der Waals surface area contributed by atoms with Crippen LogP contribution in [0.4, 0.5) is 0 Å². The van der Waals surface area contributed by atoms with Crippen LogP contribution in [0.25, 0.3) is 0 Å². The molecule has 0 atom stereocenters. The Morgan fingerprint density at radius 3 is 2.65 bits per heavy atom. The minimum absolute atomic E-state index is 0.225. The highest BCUT2D eigenvalue weighted by atomic mass is 16.2. The summed E-state index contributed by atoms with van der Waals surface area (Å²) in [7, 11) is 0. The number of aromatic nitrogens is 2. The second-order valence-electron chi connectivity index (χ2n) is 3.98. The number of unbranched alkanes of at least 4 members (excludes halogenated alkanes) is 1. The van der Waals surface area contributed by atoms with Crippen LogP contribution in [0.5, 0.6) is 0 Å². The Kier molecular flexibility index (Phi) is 5.69. The first-order valence-corrected chi connectivity index (χ1v) is 6.21. The molecule has 1 heterocycles. The van der Waals surface area contributed by atoms with Crippen molar-refractivity contribution in [2.75, 3.05) is 13.1 Å². The molecule has 0 spiro atoms. The van der Waals surface area contributed by atoms with Crippen LogP contribution >= 0.6 is 0 Å². The van der Waals surface area contributed by atoms with Crippen LogP contribution in [0.2, 0.25) is 0 Å². The lowest BCUT2D eigenvalue weighted by Gasteiger charge is -2.08. The van der Waals surface area contributed by atoms with Crippen molar-refractivity contribution in [3.05, 3.63) is 33.1 Å². The Morgan fingerprint density at radius 2 is 2.00 bits per heavy atom. The number of hydrogen-bond donors (Lipinski definition) is 1. The third kappa shape index (κ3) is 3.85. The van der Waals surface area contributed by atoms with Crippen LogP contribution in [0.15, 0.2) is 21.9 Å². The van der Waals surface area contributed by atoms with Gasteiger partial charge in [0, 0.05) is 31.9 Å². The minimum atomic E-state index is -0.225. The molecule has 0 saturated heterocycles. The van der Waals surface area contributed by atoms with Crippen molar-refractivity contribution in [3.63, 3.8) is 0 Å². The van der Waals surface area contributed by atoms with Crippen molar-refractivity contribution >= 4 is 0 Å². The van der Waals surface area contributed by atoms with E-state index in [9.17, 15) is 9.59 Å². The standard InChI is InChI=1S/C12H21N3O2/c1-3-5-7-13-8-10-15-11(16)6-9-14(4-2)12(15)17/h6,9,13H,3-5,7-8,10H2,1-2H3. The van der Waals surface area contributed by atoms with E-state index in [0.29, 0.717) is 19.6 Å². The van der Waals surface area contributed by atoms with Gasteiger partial charge in [0.25, 0.3) is 5.56 Å². The Hall–Kier alpha value is -1.36. The zero-order valence-corrected chi connectivity index (χ0v) is 10.6. The van der Waals surface area contributed by atoms with Crippen LogP contribution < -0.4 is 16.6 Å². The monoisotopic (exact) mass is 239 g/mol. The van der Waals surface area contributed by atoms with Crippen molar-refractivity contribution < 1.29 is 0 Å². The van der Waals surface area contributed by atoms with Crippen molar-refractivity contribution in [2.45, 2.75) is 39.8 Å². The molecular formula is C12H21N3O2. The molecule has 0 amide bonds. The van der Waals surface area contributed by atoms with Gasteiger partial charge in [-0.1, -0.05) is 13.3 Å². The molecule has 0 aliphatic heterocycles. The smallest absolute Gasteiger partial charge is 0.315 e. The van der Waals surface area contributed by atoms with E-state index in [-0.39, 0.29) is 11.2 Å². The zero-order chi connectivity index (χ0) is 12.7. The quantitative estimate of drug-likeness (QED) is 0.702. The molecule has 5 nitrogen and oxygen atoms in total. The molecule has 5 heteroatoms. The molecule has 0 fully saturated rings. The number of nitrogens with zero attached hydrogens (tertiary/aromatic N) is 2. The normalized spacial score (nSPS) is 10.7. The van der Waals surface area contributed by atoms with Gasteiger partial charge in [-0.25, -0.2) is 4.79 Å². The van der Waals surface area contributed by atoms with Gasteiger partial charge in [0.2, 0.25) is 0 Å². The number of hydrogen-bond acceptors (Lipinski definition) is 3. The van der Waals surface area contributed by atoms with E-state index < -0.39 is 0 Å². The van der Waals surface area contributed by atoms with Gasteiger partial charge in [0.05, 0.1) is 0 Å². The van der Waals surface area contributed by atoms with Crippen LogP contribution in [-0.2, 0) is 13.1 Å². The topological polar surface area (TPSA) is 56.0 Å². The van der Waals surface area contributed by atoms with Crippen LogP contribution in [0, 0.1) is 0 Å². The third-order valence-corrected chi connectivity index (χ3v) is 2.70. The van der Waals surface area contributed by atoms with Crippen molar-refractivity contribution in [2.24, 2.45) is 0 Å². The van der Waals surface area contributed by atoms with Gasteiger partial charge >= 0.3 is 5.69 Å². The summed E-state index contributed by atoms with van der Waals surface area (Å²) in [5.74, 6) is 0. The second-order valence-corrected chi connectivity index (χ2v) is 3.98. The van der Waals surface area contributed by atoms with Crippen LogP contribution in [0.3, 0.4) is 0 Å². The fourth-order valence-corrected chi connectivity index (χ4v) is 1.62. The molecule has 0 aliphatic rings. The SMILES string of the molecule is CCCCNCCn1c(=O)ccn(CC)c1=O. The molecule has 0 bridgehead atoms. The Labute approximate surface area is 101 Å². The highest BCUT2D eigenvalue weighted by Crippen LogP contribution is 1.82. The Morgan fingerprint density at radius 1 is 1.24 bits per heavy atom. The van der Waals surface area contributed by atoms with Gasteiger partial charge < -0.3 is 9.88 Å². The molecule has 0 saturated carbocycles. The van der Waals surface area contributed by atoms with E-state index >= 15 is 0 Å². The summed E-state index contributed by atoms with van der Waals surface area (Å²) in [6, 6.07) is 1.44. The van der Waals surface area contributed by atoms with E-state index in [2.05, 4.69) is 12.2 Å². The van der Waals surface area contributed by atoms with E-state index in [0.717, 1.165) is 19.4 Å². The molecule has 0 unspecified atom stereocenters. The third-order valence-electron chi connectivity index (χ3n) is 2.70. The molecule has 1 rings (SSSR count). The average Bonchev–Trinajstić information content (AvgIpc) is 2.33. The summed E-state index contributed by atoms with van der Waals surface area (Å²) in [5.41, 5.74) is -0.450. The van der Waals surface area contributed by atoms with Gasteiger partial charge in [0.1, 0.15) is 0 Å². The predicted octanol–water partition coefficient (Wildman–Crippen LogP) is 0.420. The minimum Gasteiger partial charge on any atom is -0.315 e. The summed E-state index contributed by atoms with van der Waals surface area (Å²) < 4.78 is 2.82. The maximum absolute atomic E-state index is 11.8. The largest absolute Gasteiger partial charge is 0.330 e. The van der Waals surface area contributed by atoms with Gasteiger partial charge in [-0.2, -0.15) is 0 Å². The van der Waals surface area contributed by atoms with Gasteiger partial charge in [-0.05, 0) is 19.9 Å². The van der Waals surface area contributed by atoms with Gasteiger partial charge in [-0.15, -0.1) is 0 Å². The highest BCUT2D eigenvalue weighted by Gasteiger charge is 2.02. The fraction of sp³-hybridized carbons (Fsp3) is 0.667. The zero-order valence-electron chi connectivity index (χ0n) is 10.6. The molecule has 1 N–H and O–H groups in total. The Balaban J connectivity index is 2.64. The molecule has 17 heavy (non-hydrogen) atoms. The number of rotatable bonds is 7. The molecule has 1 aromatic rings. The summed E-state index contributed by atoms with van der Waals surface area (Å²) in [5, 5.41) is 3.22. The molecular weight excluding hydrogens is 218 g/mol. The van der Waals surface area contributed by atoms with Gasteiger partial charge in [-0.3, -0.25) is 9.36 Å². The summed E-state index contributed by atoms with van der Waals surface area (Å²) in [6.45, 7) is 6.62.